The summed E-state index contributed by atoms with van der Waals surface area (Å²) in [5, 5.41) is 0. The fourth-order valence-electron chi connectivity index (χ4n) is 5.35. The van der Waals surface area contributed by atoms with Gasteiger partial charge in [-0.1, -0.05) is 97.9 Å². The number of fused-ring (bicyclic) bond motifs is 1. The number of hydrogen-bond acceptors (Lipinski definition) is 0. The highest BCUT2D eigenvalue weighted by molar-refractivity contribution is 5.44. The van der Waals surface area contributed by atoms with Crippen molar-refractivity contribution in [3.05, 3.63) is 46.5 Å². The third-order valence-corrected chi connectivity index (χ3v) is 7.51. The monoisotopic (exact) mass is 396 g/mol. The van der Waals surface area contributed by atoms with Crippen molar-refractivity contribution in [1.82, 2.24) is 0 Å². The second kappa shape index (κ2) is 10.8. The fourth-order valence-corrected chi connectivity index (χ4v) is 5.35. The predicted molar refractivity (Wildman–Crippen MR) is 131 cm³/mol. The van der Waals surface area contributed by atoms with Crippen LogP contribution in [0.3, 0.4) is 0 Å². The van der Waals surface area contributed by atoms with Crippen molar-refractivity contribution < 1.29 is 0 Å². The maximum atomic E-state index is 2.61. The zero-order valence-corrected chi connectivity index (χ0v) is 20.7. The molecule has 0 amide bonds. The Bertz CT molecular complexity index is 659. The molecule has 0 saturated carbocycles. The Kier molecular flexibility index (Phi) is 9.05. The van der Waals surface area contributed by atoms with Crippen molar-refractivity contribution in [2.45, 2.75) is 125 Å². The molecule has 0 aliphatic heterocycles. The van der Waals surface area contributed by atoms with Crippen LogP contribution in [0.4, 0.5) is 0 Å². The molecule has 2 rings (SSSR count). The van der Waals surface area contributed by atoms with E-state index in [1.165, 1.54) is 70.6 Å². The topological polar surface area (TPSA) is 0 Å². The molecule has 0 N–H and O–H groups in total. The van der Waals surface area contributed by atoms with Crippen LogP contribution in [0.15, 0.2) is 24.3 Å². The second-order valence-electron chi connectivity index (χ2n) is 10.9. The summed E-state index contributed by atoms with van der Waals surface area (Å²) in [5.74, 6) is 0.801. The van der Waals surface area contributed by atoms with Gasteiger partial charge in [-0.15, -0.1) is 0 Å². The van der Waals surface area contributed by atoms with Crippen molar-refractivity contribution in [1.29, 1.82) is 0 Å². The molecular formula is C29H48. The zero-order valence-electron chi connectivity index (χ0n) is 20.7. The largest absolute Gasteiger partial charge is 0.0917 e. The third kappa shape index (κ3) is 6.47. The van der Waals surface area contributed by atoms with Gasteiger partial charge < -0.3 is 0 Å². The smallest absolute Gasteiger partial charge is 0.0103 e. The first-order valence-corrected chi connectivity index (χ1v) is 12.5. The number of hydrogen-bond donors (Lipinski definition) is 0. The molecule has 1 aromatic rings. The van der Waals surface area contributed by atoms with Gasteiger partial charge in [0.1, 0.15) is 0 Å². The second-order valence-corrected chi connectivity index (χ2v) is 10.9. The number of aryl methyl sites for hydroxylation is 1. The molecule has 29 heavy (non-hydrogen) atoms. The van der Waals surface area contributed by atoms with Crippen LogP contribution >= 0.6 is 0 Å². The van der Waals surface area contributed by atoms with Gasteiger partial charge in [-0.3, -0.25) is 0 Å². The third-order valence-electron chi connectivity index (χ3n) is 7.51. The van der Waals surface area contributed by atoms with Crippen molar-refractivity contribution in [2.75, 3.05) is 0 Å². The Morgan fingerprint density at radius 3 is 2.48 bits per heavy atom. The SMILES string of the molecule is C/C=C\CCC1Cc2c(CCC)cc(C(C)(C)CCCCCC)cc2CC1(C)C. The fraction of sp³-hybridized carbons (Fsp3) is 0.724. The Morgan fingerprint density at radius 1 is 1.07 bits per heavy atom. The van der Waals surface area contributed by atoms with Gasteiger partial charge in [0.2, 0.25) is 0 Å². The van der Waals surface area contributed by atoms with Gasteiger partial charge >= 0.3 is 0 Å². The average Bonchev–Trinajstić information content (AvgIpc) is 2.65. The number of allylic oxidation sites excluding steroid dienone is 2. The molecular weight excluding hydrogens is 348 g/mol. The van der Waals surface area contributed by atoms with Crippen molar-refractivity contribution in [3.8, 4) is 0 Å². The molecule has 164 valence electrons. The highest BCUT2D eigenvalue weighted by Crippen LogP contribution is 2.45. The van der Waals surface area contributed by atoms with E-state index in [9.17, 15) is 0 Å². The summed E-state index contributed by atoms with van der Waals surface area (Å²) in [4.78, 5) is 0. The predicted octanol–water partition coefficient (Wildman–Crippen LogP) is 8.98. The molecule has 1 unspecified atom stereocenters. The number of benzene rings is 1. The molecule has 1 aliphatic rings. The van der Waals surface area contributed by atoms with Crippen molar-refractivity contribution in [2.24, 2.45) is 11.3 Å². The van der Waals surface area contributed by atoms with E-state index in [1.807, 2.05) is 0 Å². The molecule has 1 atom stereocenters. The minimum absolute atomic E-state index is 0.290. The van der Waals surface area contributed by atoms with Crippen LogP contribution in [-0.4, -0.2) is 0 Å². The standard InChI is InChI=1S/C29H48/c1-8-11-13-15-18-28(4,5)26-19-23(16-10-3)27-21-25(17-14-12-9-2)29(6,7)22-24(27)20-26/h9,12,19-20,25H,8,10-11,13-18,21-22H2,1-7H3/b12-9-. The molecule has 0 bridgehead atoms. The summed E-state index contributed by atoms with van der Waals surface area (Å²) in [7, 11) is 0. The van der Waals surface area contributed by atoms with Gasteiger partial charge in [-0.25, -0.2) is 0 Å². The van der Waals surface area contributed by atoms with Crippen molar-refractivity contribution >= 4 is 0 Å². The van der Waals surface area contributed by atoms with E-state index in [4.69, 9.17) is 0 Å². The molecule has 0 heterocycles. The van der Waals surface area contributed by atoms with E-state index < -0.39 is 0 Å². The first-order valence-electron chi connectivity index (χ1n) is 12.5. The normalized spacial score (nSPS) is 18.9. The summed E-state index contributed by atoms with van der Waals surface area (Å²) in [6.07, 6.45) is 18.9. The van der Waals surface area contributed by atoms with Gasteiger partial charge in [-0.2, -0.15) is 0 Å². The number of unbranched alkanes of at least 4 members (excludes halogenated alkanes) is 3. The Labute approximate surface area is 182 Å². The van der Waals surface area contributed by atoms with Gasteiger partial charge in [-0.05, 0) is 84.5 Å². The summed E-state index contributed by atoms with van der Waals surface area (Å²) < 4.78 is 0. The Morgan fingerprint density at radius 2 is 1.83 bits per heavy atom. The molecule has 0 spiro atoms. The zero-order chi connectivity index (χ0) is 21.5. The van der Waals surface area contributed by atoms with E-state index in [-0.39, 0.29) is 5.41 Å². The lowest BCUT2D eigenvalue weighted by Crippen LogP contribution is -2.34. The van der Waals surface area contributed by atoms with Gasteiger partial charge in [0.05, 0.1) is 0 Å². The molecule has 0 nitrogen and oxygen atoms in total. The van der Waals surface area contributed by atoms with Crippen LogP contribution in [0.1, 0.15) is 122 Å². The van der Waals surface area contributed by atoms with E-state index in [2.05, 4.69) is 72.8 Å². The lowest BCUT2D eigenvalue weighted by Gasteiger charge is -2.41. The average molecular weight is 397 g/mol. The van der Waals surface area contributed by atoms with E-state index in [1.54, 1.807) is 22.3 Å². The minimum Gasteiger partial charge on any atom is -0.0917 e. The van der Waals surface area contributed by atoms with Crippen LogP contribution in [0.2, 0.25) is 0 Å². The lowest BCUT2D eigenvalue weighted by molar-refractivity contribution is 0.182. The van der Waals surface area contributed by atoms with E-state index >= 15 is 0 Å². The summed E-state index contributed by atoms with van der Waals surface area (Å²) >= 11 is 0. The number of rotatable bonds is 11. The summed E-state index contributed by atoms with van der Waals surface area (Å²) in [6.45, 7) is 16.8. The Balaban J connectivity index is 2.31. The quantitative estimate of drug-likeness (QED) is 0.258. The van der Waals surface area contributed by atoms with Gasteiger partial charge in [0.25, 0.3) is 0 Å². The lowest BCUT2D eigenvalue weighted by atomic mass is 9.63. The maximum Gasteiger partial charge on any atom is -0.0103 e. The minimum atomic E-state index is 0.290. The van der Waals surface area contributed by atoms with Gasteiger partial charge in [0, 0.05) is 0 Å². The van der Waals surface area contributed by atoms with Crippen LogP contribution < -0.4 is 0 Å². The molecule has 0 aromatic heterocycles. The molecule has 0 radical (unpaired) electrons. The molecule has 0 saturated heterocycles. The molecule has 0 fully saturated rings. The molecule has 0 heteroatoms. The van der Waals surface area contributed by atoms with Crippen LogP contribution in [0.5, 0.6) is 0 Å². The van der Waals surface area contributed by atoms with E-state index in [0.717, 1.165) is 5.92 Å². The Hall–Kier alpha value is -1.04. The summed E-state index contributed by atoms with van der Waals surface area (Å²) in [5.41, 5.74) is 7.33. The van der Waals surface area contributed by atoms with E-state index in [0.29, 0.717) is 5.41 Å². The van der Waals surface area contributed by atoms with Crippen LogP contribution in [-0.2, 0) is 24.7 Å². The van der Waals surface area contributed by atoms with Crippen LogP contribution in [0.25, 0.3) is 0 Å². The van der Waals surface area contributed by atoms with Crippen LogP contribution in [0, 0.1) is 11.3 Å². The first-order chi connectivity index (χ1) is 13.7. The van der Waals surface area contributed by atoms with Gasteiger partial charge in [0.15, 0.2) is 0 Å². The first kappa shape index (κ1) is 24.2. The maximum absolute atomic E-state index is 2.61. The molecule has 1 aromatic carbocycles. The molecule has 1 aliphatic carbocycles. The highest BCUT2D eigenvalue weighted by Gasteiger charge is 2.36. The highest BCUT2D eigenvalue weighted by atomic mass is 14.4. The van der Waals surface area contributed by atoms with Crippen molar-refractivity contribution in [3.63, 3.8) is 0 Å². The summed E-state index contributed by atoms with van der Waals surface area (Å²) in [6, 6.07) is 5.21.